The minimum atomic E-state index is 0.0107. The first kappa shape index (κ1) is 16.6. The summed E-state index contributed by atoms with van der Waals surface area (Å²) in [4.78, 5) is 4.39. The van der Waals surface area contributed by atoms with Crippen LogP contribution in [0.25, 0.3) is 0 Å². The average molecular weight is 281 g/mol. The monoisotopic (exact) mass is 281 g/mol. The smallest absolute Gasteiger partial charge is 0.239 e. The van der Waals surface area contributed by atoms with Crippen LogP contribution in [0.2, 0.25) is 0 Å². The van der Waals surface area contributed by atoms with Crippen molar-refractivity contribution in [2.75, 3.05) is 30.8 Å². The van der Waals surface area contributed by atoms with Crippen LogP contribution in [-0.4, -0.2) is 29.8 Å². The standard InChI is InChI=1S/C15H27N3O2/c1-11(2)9-20-14-12(16)5-6-13(18-14)17-10-15(3,4)7-8-19/h5-6,11,19H,7-10,16H2,1-4H3,(H,17,18). The molecule has 0 spiro atoms. The highest BCUT2D eigenvalue weighted by Crippen LogP contribution is 2.24. The minimum Gasteiger partial charge on any atom is -0.476 e. The van der Waals surface area contributed by atoms with Crippen LogP contribution in [0.15, 0.2) is 12.1 Å². The second kappa shape index (κ2) is 7.33. The van der Waals surface area contributed by atoms with Gasteiger partial charge in [-0.3, -0.25) is 0 Å². The molecular formula is C15H27N3O2. The molecule has 0 atom stereocenters. The molecular weight excluding hydrogens is 254 g/mol. The Morgan fingerprint density at radius 2 is 2.10 bits per heavy atom. The van der Waals surface area contributed by atoms with Gasteiger partial charge in [0.25, 0.3) is 0 Å². The maximum absolute atomic E-state index is 9.02. The zero-order valence-corrected chi connectivity index (χ0v) is 12.9. The van der Waals surface area contributed by atoms with Gasteiger partial charge in [-0.05, 0) is 29.9 Å². The topological polar surface area (TPSA) is 80.4 Å². The third-order valence-electron chi connectivity index (χ3n) is 2.98. The molecule has 0 aliphatic heterocycles. The second-order valence-electron chi connectivity index (χ2n) is 6.29. The number of nitrogens with one attached hydrogen (secondary N) is 1. The number of aliphatic hydroxyl groups excluding tert-OH is 1. The molecule has 20 heavy (non-hydrogen) atoms. The Morgan fingerprint density at radius 1 is 1.40 bits per heavy atom. The molecule has 0 fully saturated rings. The summed E-state index contributed by atoms with van der Waals surface area (Å²) in [6, 6.07) is 3.64. The number of aromatic nitrogens is 1. The number of pyridine rings is 1. The third kappa shape index (κ3) is 5.65. The first-order chi connectivity index (χ1) is 9.34. The minimum absolute atomic E-state index is 0.0107. The summed E-state index contributed by atoms with van der Waals surface area (Å²) in [7, 11) is 0. The molecule has 5 nitrogen and oxygen atoms in total. The van der Waals surface area contributed by atoms with Crippen LogP contribution in [0.5, 0.6) is 5.88 Å². The number of nitrogens with two attached hydrogens (primary N) is 1. The second-order valence-corrected chi connectivity index (χ2v) is 6.29. The van der Waals surface area contributed by atoms with Gasteiger partial charge in [-0.25, -0.2) is 0 Å². The number of anilines is 2. The number of nitrogen functional groups attached to an aromatic ring is 1. The predicted octanol–water partition coefficient (Wildman–Crippen LogP) is 2.52. The lowest BCUT2D eigenvalue weighted by molar-refractivity contribution is 0.220. The molecule has 0 unspecified atom stereocenters. The first-order valence-electron chi connectivity index (χ1n) is 7.08. The van der Waals surface area contributed by atoms with E-state index in [1.165, 1.54) is 0 Å². The lowest BCUT2D eigenvalue weighted by atomic mass is 9.90. The fourth-order valence-corrected chi connectivity index (χ4v) is 1.63. The molecule has 0 saturated carbocycles. The highest BCUT2D eigenvalue weighted by Gasteiger charge is 2.17. The summed E-state index contributed by atoms with van der Waals surface area (Å²) in [5.41, 5.74) is 6.41. The van der Waals surface area contributed by atoms with Gasteiger partial charge in [0.15, 0.2) is 0 Å². The van der Waals surface area contributed by atoms with Crippen LogP contribution >= 0.6 is 0 Å². The van der Waals surface area contributed by atoms with Gasteiger partial charge in [0.1, 0.15) is 5.82 Å². The molecule has 114 valence electrons. The molecule has 0 bridgehead atoms. The van der Waals surface area contributed by atoms with Crippen molar-refractivity contribution in [3.63, 3.8) is 0 Å². The zero-order valence-electron chi connectivity index (χ0n) is 12.9. The maximum atomic E-state index is 9.02. The van der Waals surface area contributed by atoms with Gasteiger partial charge in [-0.1, -0.05) is 27.7 Å². The maximum Gasteiger partial charge on any atom is 0.239 e. The number of aliphatic hydroxyl groups is 1. The van der Waals surface area contributed by atoms with E-state index in [1.807, 2.05) is 6.07 Å². The van der Waals surface area contributed by atoms with Gasteiger partial charge in [0.2, 0.25) is 5.88 Å². The van der Waals surface area contributed by atoms with E-state index in [2.05, 4.69) is 38.0 Å². The van der Waals surface area contributed by atoms with Gasteiger partial charge in [-0.2, -0.15) is 4.98 Å². The van der Waals surface area contributed by atoms with Gasteiger partial charge >= 0.3 is 0 Å². The van der Waals surface area contributed by atoms with Crippen LogP contribution in [0.1, 0.15) is 34.1 Å². The Labute approximate surface area is 121 Å². The fraction of sp³-hybridized carbons (Fsp3) is 0.667. The predicted molar refractivity (Wildman–Crippen MR) is 83.0 cm³/mol. The summed E-state index contributed by atoms with van der Waals surface area (Å²) in [5, 5.41) is 12.3. The number of ether oxygens (including phenoxy) is 1. The highest BCUT2D eigenvalue weighted by atomic mass is 16.5. The van der Waals surface area contributed by atoms with E-state index >= 15 is 0 Å². The Balaban J connectivity index is 2.65. The fourth-order valence-electron chi connectivity index (χ4n) is 1.63. The molecule has 0 saturated heterocycles. The van der Waals surface area contributed by atoms with E-state index in [0.29, 0.717) is 24.1 Å². The molecule has 1 aromatic heterocycles. The molecule has 0 aromatic carbocycles. The summed E-state index contributed by atoms with van der Waals surface area (Å²) in [5.74, 6) is 1.64. The van der Waals surface area contributed by atoms with Crippen molar-refractivity contribution in [2.24, 2.45) is 11.3 Å². The summed E-state index contributed by atoms with van der Waals surface area (Å²) in [6.45, 7) is 9.87. The Hall–Kier alpha value is -1.49. The number of nitrogens with zero attached hydrogens (tertiary/aromatic N) is 1. The first-order valence-corrected chi connectivity index (χ1v) is 7.08. The largest absolute Gasteiger partial charge is 0.476 e. The molecule has 0 radical (unpaired) electrons. The van der Waals surface area contributed by atoms with Crippen LogP contribution in [-0.2, 0) is 0 Å². The Morgan fingerprint density at radius 3 is 2.70 bits per heavy atom. The van der Waals surface area contributed by atoms with Crippen LogP contribution < -0.4 is 15.8 Å². The molecule has 0 amide bonds. The van der Waals surface area contributed by atoms with Crippen molar-refractivity contribution in [3.05, 3.63) is 12.1 Å². The van der Waals surface area contributed by atoms with Gasteiger partial charge in [-0.15, -0.1) is 0 Å². The van der Waals surface area contributed by atoms with E-state index in [4.69, 9.17) is 15.6 Å². The van der Waals surface area contributed by atoms with E-state index in [1.54, 1.807) is 6.07 Å². The summed E-state index contributed by atoms with van der Waals surface area (Å²) >= 11 is 0. The number of hydrogen-bond acceptors (Lipinski definition) is 5. The summed E-state index contributed by atoms with van der Waals surface area (Å²) < 4.78 is 5.60. The molecule has 1 heterocycles. The highest BCUT2D eigenvalue weighted by molar-refractivity contribution is 5.53. The summed E-state index contributed by atoms with van der Waals surface area (Å²) in [6.07, 6.45) is 0.742. The Kier molecular flexibility index (Phi) is 6.07. The van der Waals surface area contributed by atoms with Gasteiger partial charge in [0.05, 0.1) is 12.3 Å². The van der Waals surface area contributed by atoms with Crippen molar-refractivity contribution in [1.29, 1.82) is 0 Å². The van der Waals surface area contributed by atoms with Crippen molar-refractivity contribution in [3.8, 4) is 5.88 Å². The number of hydrogen-bond donors (Lipinski definition) is 3. The molecule has 0 aliphatic rings. The molecule has 5 heteroatoms. The molecule has 1 rings (SSSR count). The lowest BCUT2D eigenvalue weighted by Gasteiger charge is -2.24. The van der Waals surface area contributed by atoms with Crippen molar-refractivity contribution < 1.29 is 9.84 Å². The molecule has 1 aromatic rings. The van der Waals surface area contributed by atoms with E-state index in [-0.39, 0.29) is 12.0 Å². The van der Waals surface area contributed by atoms with E-state index in [0.717, 1.165) is 18.8 Å². The van der Waals surface area contributed by atoms with Gasteiger partial charge < -0.3 is 20.9 Å². The van der Waals surface area contributed by atoms with Gasteiger partial charge in [0, 0.05) is 13.2 Å². The van der Waals surface area contributed by atoms with E-state index < -0.39 is 0 Å². The quantitative estimate of drug-likeness (QED) is 0.682. The Bertz CT molecular complexity index is 420. The van der Waals surface area contributed by atoms with Crippen LogP contribution in [0.3, 0.4) is 0 Å². The number of rotatable bonds is 8. The molecule has 4 N–H and O–H groups in total. The SMILES string of the molecule is CC(C)COc1nc(NCC(C)(C)CCO)ccc1N. The molecule has 0 aliphatic carbocycles. The third-order valence-corrected chi connectivity index (χ3v) is 2.98. The van der Waals surface area contributed by atoms with Crippen LogP contribution in [0, 0.1) is 11.3 Å². The lowest BCUT2D eigenvalue weighted by Crippen LogP contribution is -2.24. The van der Waals surface area contributed by atoms with E-state index in [9.17, 15) is 0 Å². The average Bonchev–Trinajstić information content (AvgIpc) is 2.36. The van der Waals surface area contributed by atoms with Crippen molar-refractivity contribution in [2.45, 2.75) is 34.1 Å². The van der Waals surface area contributed by atoms with Crippen molar-refractivity contribution >= 4 is 11.5 Å². The zero-order chi connectivity index (χ0) is 15.2. The van der Waals surface area contributed by atoms with Crippen LogP contribution in [0.4, 0.5) is 11.5 Å². The normalized spacial score (nSPS) is 11.7. The van der Waals surface area contributed by atoms with Crippen molar-refractivity contribution in [1.82, 2.24) is 4.98 Å².